The van der Waals surface area contributed by atoms with E-state index in [0.29, 0.717) is 13.0 Å². The first kappa shape index (κ1) is 7.49. The molecule has 2 unspecified atom stereocenters. The van der Waals surface area contributed by atoms with Gasteiger partial charge in [-0.05, 0) is 19.4 Å². The summed E-state index contributed by atoms with van der Waals surface area (Å²) in [7, 11) is 0. The van der Waals surface area contributed by atoms with Crippen LogP contribution in [0, 0.1) is 17.2 Å². The van der Waals surface area contributed by atoms with E-state index in [1.165, 1.54) is 0 Å². The molecule has 10 heavy (non-hydrogen) atoms. The summed E-state index contributed by atoms with van der Waals surface area (Å²) in [5.41, 5.74) is 0. The van der Waals surface area contributed by atoms with E-state index in [9.17, 15) is 4.39 Å². The van der Waals surface area contributed by atoms with Gasteiger partial charge in [-0.3, -0.25) is 0 Å². The molecule has 0 saturated carbocycles. The van der Waals surface area contributed by atoms with Crippen LogP contribution in [0.25, 0.3) is 0 Å². The second-order valence-corrected chi connectivity index (χ2v) is 2.60. The molecule has 2 nitrogen and oxygen atoms in total. The Balaban J connectivity index is 2.45. The molecule has 3 heteroatoms. The number of rotatable bonds is 0. The van der Waals surface area contributed by atoms with Gasteiger partial charge >= 0.3 is 0 Å². The van der Waals surface area contributed by atoms with Gasteiger partial charge in [-0.2, -0.15) is 5.26 Å². The zero-order valence-corrected chi connectivity index (χ0v) is 5.81. The maximum absolute atomic E-state index is 12.8. The number of nitrogens with zero attached hydrogens (tertiary/aromatic N) is 1. The van der Waals surface area contributed by atoms with Gasteiger partial charge in [0, 0.05) is 6.54 Å². The van der Waals surface area contributed by atoms with E-state index in [4.69, 9.17) is 5.26 Å². The van der Waals surface area contributed by atoms with E-state index in [0.717, 1.165) is 13.0 Å². The molecule has 0 bridgehead atoms. The zero-order chi connectivity index (χ0) is 7.40. The number of halogens is 1. The highest BCUT2D eigenvalue weighted by Crippen LogP contribution is 2.14. The molecule has 1 saturated heterocycles. The minimum Gasteiger partial charge on any atom is -0.315 e. The van der Waals surface area contributed by atoms with E-state index in [-0.39, 0.29) is 0 Å². The molecule has 56 valence electrons. The Hall–Kier alpha value is -0.620. The molecular formula is C7H11FN2. The predicted molar refractivity (Wildman–Crippen MR) is 36.1 cm³/mol. The molecule has 0 radical (unpaired) electrons. The van der Waals surface area contributed by atoms with E-state index in [1.807, 2.05) is 6.07 Å². The Kier molecular flexibility index (Phi) is 2.64. The van der Waals surface area contributed by atoms with Crippen molar-refractivity contribution in [1.29, 1.82) is 5.26 Å². The largest absolute Gasteiger partial charge is 0.315 e. The van der Waals surface area contributed by atoms with E-state index >= 15 is 0 Å². The quantitative estimate of drug-likeness (QED) is 0.544. The van der Waals surface area contributed by atoms with Crippen molar-refractivity contribution in [3.05, 3.63) is 0 Å². The third-order valence-electron chi connectivity index (χ3n) is 1.80. The SMILES string of the molecule is N#CC1CNCCCC1F. The Labute approximate surface area is 60.0 Å². The number of nitriles is 1. The maximum atomic E-state index is 12.8. The summed E-state index contributed by atoms with van der Waals surface area (Å²) in [5, 5.41) is 11.5. The number of hydrogen-bond donors (Lipinski definition) is 1. The first-order valence-electron chi connectivity index (χ1n) is 3.59. The summed E-state index contributed by atoms with van der Waals surface area (Å²) < 4.78 is 12.8. The Morgan fingerprint density at radius 1 is 1.60 bits per heavy atom. The van der Waals surface area contributed by atoms with Crippen LogP contribution in [0.2, 0.25) is 0 Å². The minimum atomic E-state index is -0.917. The lowest BCUT2D eigenvalue weighted by Gasteiger charge is -2.07. The standard InChI is InChI=1S/C7H11FN2/c8-7-2-1-3-10-5-6(7)4-9/h6-7,10H,1-3,5H2. The summed E-state index contributed by atoms with van der Waals surface area (Å²) >= 11 is 0. The van der Waals surface area contributed by atoms with Crippen LogP contribution in [0.3, 0.4) is 0 Å². The van der Waals surface area contributed by atoms with Crippen LogP contribution in [-0.4, -0.2) is 19.3 Å². The van der Waals surface area contributed by atoms with Crippen LogP contribution in [0.4, 0.5) is 4.39 Å². The van der Waals surface area contributed by atoms with Crippen molar-refractivity contribution in [3.63, 3.8) is 0 Å². The van der Waals surface area contributed by atoms with Crippen LogP contribution in [-0.2, 0) is 0 Å². The molecule has 1 fully saturated rings. The second-order valence-electron chi connectivity index (χ2n) is 2.60. The van der Waals surface area contributed by atoms with Crippen molar-refractivity contribution >= 4 is 0 Å². The van der Waals surface area contributed by atoms with E-state index < -0.39 is 12.1 Å². The van der Waals surface area contributed by atoms with Crippen LogP contribution >= 0.6 is 0 Å². The topological polar surface area (TPSA) is 35.8 Å². The number of alkyl halides is 1. The summed E-state index contributed by atoms with van der Waals surface area (Å²) in [6.07, 6.45) is 0.463. The van der Waals surface area contributed by atoms with Crippen LogP contribution in [0.5, 0.6) is 0 Å². The van der Waals surface area contributed by atoms with Gasteiger partial charge in [0.1, 0.15) is 6.17 Å². The van der Waals surface area contributed by atoms with Gasteiger partial charge in [0.2, 0.25) is 0 Å². The van der Waals surface area contributed by atoms with Crippen LogP contribution in [0.15, 0.2) is 0 Å². The highest BCUT2D eigenvalue weighted by Gasteiger charge is 2.21. The maximum Gasteiger partial charge on any atom is 0.117 e. The summed E-state index contributed by atoms with van der Waals surface area (Å²) in [4.78, 5) is 0. The van der Waals surface area contributed by atoms with Gasteiger partial charge in [0.25, 0.3) is 0 Å². The van der Waals surface area contributed by atoms with Crippen molar-refractivity contribution in [2.75, 3.05) is 13.1 Å². The average Bonchev–Trinajstić information content (AvgIpc) is 2.13. The van der Waals surface area contributed by atoms with Crippen molar-refractivity contribution in [2.24, 2.45) is 5.92 Å². The Bertz CT molecular complexity index is 141. The first-order chi connectivity index (χ1) is 4.84. The second kappa shape index (κ2) is 3.52. The fraction of sp³-hybridized carbons (Fsp3) is 0.857. The molecule has 1 N–H and O–H groups in total. The van der Waals surface area contributed by atoms with Crippen LogP contribution in [0.1, 0.15) is 12.8 Å². The van der Waals surface area contributed by atoms with Gasteiger partial charge in [-0.25, -0.2) is 4.39 Å². The van der Waals surface area contributed by atoms with Crippen molar-refractivity contribution in [2.45, 2.75) is 19.0 Å². The van der Waals surface area contributed by atoms with Gasteiger partial charge in [-0.15, -0.1) is 0 Å². The molecule has 0 aromatic heterocycles. The molecule has 0 amide bonds. The summed E-state index contributed by atoms with van der Waals surface area (Å²) in [6, 6.07) is 1.96. The van der Waals surface area contributed by atoms with E-state index in [1.54, 1.807) is 0 Å². The summed E-state index contributed by atoms with van der Waals surface area (Å²) in [6.45, 7) is 1.36. The molecule has 1 aliphatic heterocycles. The Morgan fingerprint density at radius 2 is 2.40 bits per heavy atom. The lowest BCUT2D eigenvalue weighted by Crippen LogP contribution is -2.24. The smallest absolute Gasteiger partial charge is 0.117 e. The van der Waals surface area contributed by atoms with Gasteiger partial charge < -0.3 is 5.32 Å². The molecule has 0 spiro atoms. The highest BCUT2D eigenvalue weighted by atomic mass is 19.1. The van der Waals surface area contributed by atoms with Gasteiger partial charge in [0.05, 0.1) is 12.0 Å². The fourth-order valence-corrected chi connectivity index (χ4v) is 1.14. The number of hydrogen-bond acceptors (Lipinski definition) is 2. The fourth-order valence-electron chi connectivity index (χ4n) is 1.14. The van der Waals surface area contributed by atoms with Crippen molar-refractivity contribution in [1.82, 2.24) is 5.32 Å². The molecule has 1 heterocycles. The van der Waals surface area contributed by atoms with Gasteiger partial charge in [-0.1, -0.05) is 0 Å². The molecule has 0 aliphatic carbocycles. The molecule has 0 aromatic rings. The normalized spacial score (nSPS) is 34.4. The monoisotopic (exact) mass is 142 g/mol. The Morgan fingerprint density at radius 3 is 3.10 bits per heavy atom. The van der Waals surface area contributed by atoms with Crippen LogP contribution < -0.4 is 5.32 Å². The van der Waals surface area contributed by atoms with Crippen molar-refractivity contribution < 1.29 is 4.39 Å². The van der Waals surface area contributed by atoms with Crippen molar-refractivity contribution in [3.8, 4) is 6.07 Å². The molecule has 1 aliphatic rings. The molecular weight excluding hydrogens is 131 g/mol. The minimum absolute atomic E-state index is 0.428. The lowest BCUT2D eigenvalue weighted by atomic mass is 10.0. The van der Waals surface area contributed by atoms with E-state index in [2.05, 4.69) is 5.32 Å². The number of nitrogens with one attached hydrogen (secondary N) is 1. The molecule has 0 aromatic carbocycles. The molecule has 2 atom stereocenters. The predicted octanol–water partition coefficient (Wildman–Crippen LogP) is 0.848. The average molecular weight is 142 g/mol. The zero-order valence-electron chi connectivity index (χ0n) is 5.81. The molecule has 1 rings (SSSR count). The van der Waals surface area contributed by atoms with Gasteiger partial charge in [0.15, 0.2) is 0 Å². The third kappa shape index (κ3) is 1.68. The summed E-state index contributed by atoms with van der Waals surface area (Å²) in [5.74, 6) is -0.428. The lowest BCUT2D eigenvalue weighted by molar-refractivity contribution is 0.262. The highest BCUT2D eigenvalue weighted by molar-refractivity contribution is 4.91. The first-order valence-corrected chi connectivity index (χ1v) is 3.59. The third-order valence-corrected chi connectivity index (χ3v) is 1.80.